The summed E-state index contributed by atoms with van der Waals surface area (Å²) in [7, 11) is 0. The molecule has 1 aliphatic heterocycles. The fourth-order valence-electron chi connectivity index (χ4n) is 1.44. The molecule has 2 N–H and O–H groups in total. The largest absolute Gasteiger partial charge is 0.462 e. The quantitative estimate of drug-likeness (QED) is 0.636. The Morgan fingerprint density at radius 1 is 1.67 bits per heavy atom. The van der Waals surface area contributed by atoms with Crippen LogP contribution < -0.4 is 10.6 Å². The van der Waals surface area contributed by atoms with E-state index in [4.69, 9.17) is 4.74 Å². The van der Waals surface area contributed by atoms with Crippen LogP contribution in [-0.4, -0.2) is 37.1 Å². The molecular formula is C10H18N2O3. The number of nitrogens with one attached hydrogen (secondary N) is 2. The number of carbonyl (C=O) groups excluding carboxylic acids is 2. The molecule has 86 valence electrons. The molecule has 5 heteroatoms. The molecule has 1 saturated heterocycles. The number of esters is 1. The third kappa shape index (κ3) is 4.78. The first-order valence-corrected chi connectivity index (χ1v) is 5.27. The smallest absolute Gasteiger partial charge is 0.320 e. The van der Waals surface area contributed by atoms with E-state index >= 15 is 0 Å². The lowest BCUT2D eigenvalue weighted by atomic mass is 10.1. The molecule has 0 radical (unpaired) electrons. The van der Waals surface area contributed by atoms with E-state index in [0.717, 1.165) is 6.42 Å². The molecule has 15 heavy (non-hydrogen) atoms. The molecule has 0 bridgehead atoms. The molecule has 1 rings (SSSR count). The zero-order valence-corrected chi connectivity index (χ0v) is 9.21. The van der Waals surface area contributed by atoms with Gasteiger partial charge in [0.15, 0.2) is 0 Å². The average molecular weight is 214 g/mol. The van der Waals surface area contributed by atoms with Gasteiger partial charge >= 0.3 is 5.97 Å². The molecule has 0 aromatic carbocycles. The summed E-state index contributed by atoms with van der Waals surface area (Å²) in [6.07, 6.45) is 1.22. The maximum absolute atomic E-state index is 11.2. The van der Waals surface area contributed by atoms with Gasteiger partial charge < -0.3 is 15.4 Å². The number of ether oxygens (including phenoxy) is 1. The van der Waals surface area contributed by atoms with Crippen molar-refractivity contribution >= 4 is 11.9 Å². The molecule has 1 fully saturated rings. The van der Waals surface area contributed by atoms with Gasteiger partial charge in [-0.25, -0.2) is 0 Å². The lowest BCUT2D eigenvalue weighted by Gasteiger charge is -2.23. The third-order valence-corrected chi connectivity index (χ3v) is 2.17. The summed E-state index contributed by atoms with van der Waals surface area (Å²) < 4.78 is 4.97. The van der Waals surface area contributed by atoms with Gasteiger partial charge in [0.05, 0.1) is 12.6 Å². The van der Waals surface area contributed by atoms with Crippen LogP contribution in [0.25, 0.3) is 0 Å². The summed E-state index contributed by atoms with van der Waals surface area (Å²) in [5, 5.41) is 5.80. The summed E-state index contributed by atoms with van der Waals surface area (Å²) >= 11 is 0. The first-order chi connectivity index (χ1) is 7.08. The first-order valence-electron chi connectivity index (χ1n) is 5.27. The summed E-state index contributed by atoms with van der Waals surface area (Å²) in [4.78, 5) is 22.1. The Morgan fingerprint density at radius 3 is 2.93 bits per heavy atom. The van der Waals surface area contributed by atoms with E-state index in [0.29, 0.717) is 13.0 Å². The van der Waals surface area contributed by atoms with Crippen molar-refractivity contribution < 1.29 is 14.3 Å². The predicted octanol–water partition coefficient (Wildman–Crippen LogP) is -0.194. The molecule has 1 unspecified atom stereocenters. The van der Waals surface area contributed by atoms with E-state index in [2.05, 4.69) is 10.6 Å². The Morgan fingerprint density at radius 2 is 2.40 bits per heavy atom. The molecular weight excluding hydrogens is 196 g/mol. The van der Waals surface area contributed by atoms with Crippen LogP contribution >= 0.6 is 0 Å². The van der Waals surface area contributed by atoms with E-state index in [1.54, 1.807) is 0 Å². The van der Waals surface area contributed by atoms with Gasteiger partial charge in [0.1, 0.15) is 0 Å². The summed E-state index contributed by atoms with van der Waals surface area (Å²) in [6, 6.07) is 0.183. The highest BCUT2D eigenvalue weighted by molar-refractivity contribution is 5.76. The van der Waals surface area contributed by atoms with Gasteiger partial charge in [-0.15, -0.1) is 0 Å². The Balaban J connectivity index is 2.14. The van der Waals surface area contributed by atoms with Gasteiger partial charge in [0, 0.05) is 19.0 Å². The maximum atomic E-state index is 11.2. The number of rotatable bonds is 4. The molecule has 0 spiro atoms. The van der Waals surface area contributed by atoms with E-state index in [-0.39, 0.29) is 30.6 Å². The molecule has 0 saturated carbocycles. The van der Waals surface area contributed by atoms with Gasteiger partial charge in [-0.2, -0.15) is 0 Å². The second kappa shape index (κ2) is 5.70. The molecule has 1 aliphatic rings. The maximum Gasteiger partial charge on any atom is 0.320 e. The van der Waals surface area contributed by atoms with Crippen molar-refractivity contribution in [2.24, 2.45) is 0 Å². The molecule has 0 aromatic heterocycles. The molecule has 1 amide bonds. The topological polar surface area (TPSA) is 67.4 Å². The van der Waals surface area contributed by atoms with Crippen LogP contribution in [-0.2, 0) is 14.3 Å². The Bertz CT molecular complexity index is 231. The summed E-state index contributed by atoms with van der Waals surface area (Å²) in [5.41, 5.74) is 0. The van der Waals surface area contributed by atoms with E-state index < -0.39 is 0 Å². The molecule has 5 nitrogen and oxygen atoms in total. The number of piperidine rings is 1. The highest BCUT2D eigenvalue weighted by atomic mass is 16.5. The van der Waals surface area contributed by atoms with Crippen LogP contribution in [0.1, 0.15) is 26.7 Å². The Labute approximate surface area is 89.6 Å². The molecule has 0 aromatic rings. The van der Waals surface area contributed by atoms with Crippen molar-refractivity contribution in [3.05, 3.63) is 0 Å². The first kappa shape index (κ1) is 12.0. The minimum absolute atomic E-state index is 0.0784. The minimum Gasteiger partial charge on any atom is -0.462 e. The van der Waals surface area contributed by atoms with Crippen LogP contribution in [0.2, 0.25) is 0 Å². The number of hydrogen-bond acceptors (Lipinski definition) is 4. The van der Waals surface area contributed by atoms with Gasteiger partial charge in [0.2, 0.25) is 5.91 Å². The normalized spacial score (nSPS) is 21.3. The molecule has 0 aliphatic carbocycles. The van der Waals surface area contributed by atoms with Crippen LogP contribution in [0.5, 0.6) is 0 Å². The minimum atomic E-state index is -0.248. The van der Waals surface area contributed by atoms with Crippen LogP contribution in [0.3, 0.4) is 0 Å². The standard InChI is InChI=1S/C10H18N2O3/c1-7(2)15-10(14)6-11-8-3-4-9(13)12-5-8/h7-8,11H,3-6H2,1-2H3,(H,12,13). The SMILES string of the molecule is CC(C)OC(=O)CNC1CCC(=O)NC1. The lowest BCUT2D eigenvalue weighted by Crippen LogP contribution is -2.47. The summed E-state index contributed by atoms with van der Waals surface area (Å²) in [5.74, 6) is -0.167. The molecule has 1 atom stereocenters. The van der Waals surface area contributed by atoms with Crippen molar-refractivity contribution in [1.82, 2.24) is 10.6 Å². The zero-order valence-electron chi connectivity index (χ0n) is 9.21. The van der Waals surface area contributed by atoms with Crippen molar-refractivity contribution in [3.8, 4) is 0 Å². The Hall–Kier alpha value is -1.10. The highest BCUT2D eigenvalue weighted by Gasteiger charge is 2.18. The molecule has 1 heterocycles. The van der Waals surface area contributed by atoms with Crippen molar-refractivity contribution in [3.63, 3.8) is 0 Å². The zero-order chi connectivity index (χ0) is 11.3. The number of carbonyl (C=O) groups is 2. The Kier molecular flexibility index (Phi) is 4.55. The van der Waals surface area contributed by atoms with E-state index in [9.17, 15) is 9.59 Å². The van der Waals surface area contributed by atoms with Gasteiger partial charge in [0.25, 0.3) is 0 Å². The van der Waals surface area contributed by atoms with Crippen molar-refractivity contribution in [2.45, 2.75) is 38.8 Å². The van der Waals surface area contributed by atoms with E-state index in [1.807, 2.05) is 13.8 Å². The second-order valence-electron chi connectivity index (χ2n) is 3.96. The van der Waals surface area contributed by atoms with Crippen molar-refractivity contribution in [1.29, 1.82) is 0 Å². The average Bonchev–Trinajstić information content (AvgIpc) is 2.16. The van der Waals surface area contributed by atoms with Crippen molar-refractivity contribution in [2.75, 3.05) is 13.1 Å². The van der Waals surface area contributed by atoms with Gasteiger partial charge in [-0.3, -0.25) is 9.59 Å². The number of hydrogen-bond donors (Lipinski definition) is 2. The fourth-order valence-corrected chi connectivity index (χ4v) is 1.44. The van der Waals surface area contributed by atoms with E-state index in [1.165, 1.54) is 0 Å². The predicted molar refractivity (Wildman–Crippen MR) is 55.3 cm³/mol. The third-order valence-electron chi connectivity index (χ3n) is 2.17. The lowest BCUT2D eigenvalue weighted by molar-refractivity contribution is -0.146. The second-order valence-corrected chi connectivity index (χ2v) is 3.96. The highest BCUT2D eigenvalue weighted by Crippen LogP contribution is 2.02. The monoisotopic (exact) mass is 214 g/mol. The van der Waals surface area contributed by atoms with Crippen LogP contribution in [0, 0.1) is 0 Å². The van der Waals surface area contributed by atoms with Gasteiger partial charge in [-0.1, -0.05) is 0 Å². The van der Waals surface area contributed by atoms with Crippen LogP contribution in [0.15, 0.2) is 0 Å². The number of amides is 1. The van der Waals surface area contributed by atoms with Crippen LogP contribution in [0.4, 0.5) is 0 Å². The summed E-state index contributed by atoms with van der Waals surface area (Å²) in [6.45, 7) is 4.43. The fraction of sp³-hybridized carbons (Fsp3) is 0.800. The van der Waals surface area contributed by atoms with Gasteiger partial charge in [-0.05, 0) is 20.3 Å².